The van der Waals surface area contributed by atoms with E-state index in [1.54, 1.807) is 0 Å². The van der Waals surface area contributed by atoms with Gasteiger partial charge in [-0.05, 0) is 6.42 Å². The Morgan fingerprint density at radius 1 is 1.41 bits per heavy atom. The third kappa shape index (κ3) is 7.25. The van der Waals surface area contributed by atoms with Crippen LogP contribution in [-0.2, 0) is 14.4 Å². The Morgan fingerprint density at radius 2 is 2.06 bits per heavy atom. The van der Waals surface area contributed by atoms with E-state index in [9.17, 15) is 14.4 Å². The molecule has 1 unspecified atom stereocenters. The first kappa shape index (κ1) is 15.3. The van der Waals surface area contributed by atoms with Gasteiger partial charge in [0.25, 0.3) is 0 Å². The number of rotatable bonds is 9. The minimum Gasteiger partial charge on any atom is -0.390 e. The monoisotopic (exact) mass is 246 g/mol. The van der Waals surface area contributed by atoms with Crippen molar-refractivity contribution < 1.29 is 19.5 Å². The third-order valence-corrected chi connectivity index (χ3v) is 2.08. The zero-order chi connectivity index (χ0) is 13.3. The number of carbonyl (C=O) groups is 3. The number of aliphatic hydroxyl groups excluding tert-OH is 1. The van der Waals surface area contributed by atoms with E-state index in [-0.39, 0.29) is 31.8 Å². The van der Waals surface area contributed by atoms with Gasteiger partial charge in [-0.2, -0.15) is 0 Å². The second kappa shape index (κ2) is 8.48. The first-order valence-electron chi connectivity index (χ1n) is 5.15. The van der Waals surface area contributed by atoms with Crippen LogP contribution in [0, 0.1) is 0 Å². The van der Waals surface area contributed by atoms with Gasteiger partial charge in [0.2, 0.25) is 18.2 Å². The summed E-state index contributed by atoms with van der Waals surface area (Å²) in [6.45, 7) is 0.106. The van der Waals surface area contributed by atoms with Gasteiger partial charge in [-0.25, -0.2) is 0 Å². The van der Waals surface area contributed by atoms with Crippen molar-refractivity contribution in [3.63, 3.8) is 0 Å². The minimum atomic E-state index is -0.863. The van der Waals surface area contributed by atoms with Crippen molar-refractivity contribution in [3.05, 3.63) is 0 Å². The predicted molar refractivity (Wildman–Crippen MR) is 59.5 cm³/mol. The lowest BCUT2D eigenvalue weighted by molar-refractivity contribution is -0.124. The standard InChI is InChI=1S/C9H18N4O4/c10-3-6(15)4-12-8(16)2-1-7(9(11)17)13-5-14/h5-7,15H,1-4,10H2,(H2,11,17)(H,12,16)(H,13,14)/t6?,7-/m0/s1. The van der Waals surface area contributed by atoms with E-state index in [0.29, 0.717) is 6.41 Å². The highest BCUT2D eigenvalue weighted by Crippen LogP contribution is 1.96. The van der Waals surface area contributed by atoms with Gasteiger partial charge in [0.1, 0.15) is 6.04 Å². The van der Waals surface area contributed by atoms with Crippen LogP contribution in [0.5, 0.6) is 0 Å². The molecule has 0 saturated carbocycles. The van der Waals surface area contributed by atoms with Crippen LogP contribution >= 0.6 is 0 Å². The molecule has 2 atom stereocenters. The van der Waals surface area contributed by atoms with Gasteiger partial charge in [0, 0.05) is 19.5 Å². The fourth-order valence-corrected chi connectivity index (χ4v) is 1.07. The average molecular weight is 246 g/mol. The first-order valence-corrected chi connectivity index (χ1v) is 5.15. The van der Waals surface area contributed by atoms with Gasteiger partial charge in [0.15, 0.2) is 0 Å². The summed E-state index contributed by atoms with van der Waals surface area (Å²) in [6.07, 6.45) is -0.311. The summed E-state index contributed by atoms with van der Waals surface area (Å²) in [4.78, 5) is 32.2. The van der Waals surface area contributed by atoms with Crippen molar-refractivity contribution in [2.45, 2.75) is 25.0 Å². The molecule has 0 aromatic rings. The second-order valence-corrected chi connectivity index (χ2v) is 3.47. The zero-order valence-electron chi connectivity index (χ0n) is 9.39. The molecular weight excluding hydrogens is 228 g/mol. The van der Waals surface area contributed by atoms with Crippen LogP contribution in [0.15, 0.2) is 0 Å². The average Bonchev–Trinajstić information content (AvgIpc) is 2.30. The number of nitrogens with two attached hydrogens (primary N) is 2. The Labute approximate surface area is 98.7 Å². The molecule has 8 nitrogen and oxygen atoms in total. The summed E-state index contributed by atoms with van der Waals surface area (Å²) in [5, 5.41) is 13.7. The van der Waals surface area contributed by atoms with Crippen LogP contribution < -0.4 is 22.1 Å². The quantitative estimate of drug-likeness (QED) is 0.272. The maximum absolute atomic E-state index is 11.3. The highest BCUT2D eigenvalue weighted by Gasteiger charge is 2.15. The molecule has 0 aliphatic heterocycles. The molecule has 0 aromatic heterocycles. The molecule has 0 bridgehead atoms. The van der Waals surface area contributed by atoms with E-state index in [0.717, 1.165) is 0 Å². The number of hydrogen-bond acceptors (Lipinski definition) is 5. The zero-order valence-corrected chi connectivity index (χ0v) is 9.39. The van der Waals surface area contributed by atoms with Crippen molar-refractivity contribution in [2.24, 2.45) is 11.5 Å². The van der Waals surface area contributed by atoms with Crippen LogP contribution in [0.3, 0.4) is 0 Å². The Balaban J connectivity index is 3.88. The van der Waals surface area contributed by atoms with E-state index in [1.807, 2.05) is 0 Å². The summed E-state index contributed by atoms with van der Waals surface area (Å²) in [5.41, 5.74) is 10.2. The lowest BCUT2D eigenvalue weighted by atomic mass is 10.1. The maximum atomic E-state index is 11.3. The Kier molecular flexibility index (Phi) is 7.65. The summed E-state index contributed by atoms with van der Waals surface area (Å²) in [5.74, 6) is -1.05. The minimum absolute atomic E-state index is 0.0196. The van der Waals surface area contributed by atoms with E-state index >= 15 is 0 Å². The molecule has 8 heteroatoms. The van der Waals surface area contributed by atoms with Gasteiger partial charge < -0.3 is 27.2 Å². The van der Waals surface area contributed by atoms with Crippen LogP contribution in [-0.4, -0.2) is 48.6 Å². The van der Waals surface area contributed by atoms with E-state index in [4.69, 9.17) is 16.6 Å². The second-order valence-electron chi connectivity index (χ2n) is 3.47. The molecule has 0 aliphatic carbocycles. The lowest BCUT2D eigenvalue weighted by Crippen LogP contribution is -2.42. The van der Waals surface area contributed by atoms with Gasteiger partial charge in [-0.3, -0.25) is 14.4 Å². The van der Waals surface area contributed by atoms with Crippen molar-refractivity contribution >= 4 is 18.2 Å². The number of carbonyl (C=O) groups excluding carboxylic acids is 3. The van der Waals surface area contributed by atoms with Crippen LogP contribution in [0.25, 0.3) is 0 Å². The molecule has 0 saturated heterocycles. The summed E-state index contributed by atoms with van der Waals surface area (Å²) >= 11 is 0. The molecule has 17 heavy (non-hydrogen) atoms. The third-order valence-electron chi connectivity index (χ3n) is 2.08. The van der Waals surface area contributed by atoms with Gasteiger partial charge in [-0.15, -0.1) is 0 Å². The Hall–Kier alpha value is -1.67. The van der Waals surface area contributed by atoms with Crippen molar-refractivity contribution in [3.8, 4) is 0 Å². The first-order chi connectivity index (χ1) is 8.01. The topological polar surface area (TPSA) is 148 Å². The van der Waals surface area contributed by atoms with Crippen LogP contribution in [0.4, 0.5) is 0 Å². The summed E-state index contributed by atoms with van der Waals surface area (Å²) in [6, 6.07) is -0.863. The fourth-order valence-electron chi connectivity index (χ4n) is 1.07. The molecular formula is C9H18N4O4. The number of hydrogen-bond donors (Lipinski definition) is 5. The van der Waals surface area contributed by atoms with E-state index < -0.39 is 18.1 Å². The Morgan fingerprint density at radius 3 is 2.53 bits per heavy atom. The summed E-state index contributed by atoms with van der Waals surface area (Å²) in [7, 11) is 0. The molecule has 7 N–H and O–H groups in total. The highest BCUT2D eigenvalue weighted by molar-refractivity contribution is 5.83. The maximum Gasteiger partial charge on any atom is 0.240 e. The molecule has 0 rings (SSSR count). The van der Waals surface area contributed by atoms with Gasteiger partial charge in [0.05, 0.1) is 6.10 Å². The summed E-state index contributed by atoms with van der Waals surface area (Å²) < 4.78 is 0. The molecule has 0 aliphatic rings. The van der Waals surface area contributed by atoms with E-state index in [2.05, 4.69) is 10.6 Å². The van der Waals surface area contributed by atoms with Crippen molar-refractivity contribution in [1.29, 1.82) is 0 Å². The molecule has 98 valence electrons. The molecule has 3 amide bonds. The van der Waals surface area contributed by atoms with Gasteiger partial charge in [-0.1, -0.05) is 0 Å². The smallest absolute Gasteiger partial charge is 0.240 e. The van der Waals surface area contributed by atoms with Crippen molar-refractivity contribution in [1.82, 2.24) is 10.6 Å². The van der Waals surface area contributed by atoms with E-state index in [1.165, 1.54) is 0 Å². The molecule has 0 spiro atoms. The molecule has 0 aromatic carbocycles. The predicted octanol–water partition coefficient (Wildman–Crippen LogP) is -3.20. The lowest BCUT2D eigenvalue weighted by Gasteiger charge is -2.13. The Bertz CT molecular complexity index is 272. The van der Waals surface area contributed by atoms with Crippen LogP contribution in [0.2, 0.25) is 0 Å². The fraction of sp³-hybridized carbons (Fsp3) is 0.667. The number of nitrogens with one attached hydrogen (secondary N) is 2. The number of aliphatic hydroxyl groups is 1. The SMILES string of the molecule is NCC(O)CNC(=O)CC[C@H](NC=O)C(N)=O. The largest absolute Gasteiger partial charge is 0.390 e. The normalized spacial score (nSPS) is 13.5. The van der Waals surface area contributed by atoms with Gasteiger partial charge >= 0.3 is 0 Å². The van der Waals surface area contributed by atoms with Crippen molar-refractivity contribution in [2.75, 3.05) is 13.1 Å². The highest BCUT2D eigenvalue weighted by atomic mass is 16.3. The van der Waals surface area contributed by atoms with Crippen LogP contribution in [0.1, 0.15) is 12.8 Å². The molecule has 0 radical (unpaired) electrons. The number of primary amides is 1. The number of amides is 3. The molecule has 0 heterocycles. The molecule has 0 fully saturated rings.